The van der Waals surface area contributed by atoms with Gasteiger partial charge in [0, 0.05) is 17.8 Å². The smallest absolute Gasteiger partial charge is 0.270 e. The minimum absolute atomic E-state index is 0.0503. The summed E-state index contributed by atoms with van der Waals surface area (Å²) >= 11 is 1.51. The van der Waals surface area contributed by atoms with E-state index in [0.29, 0.717) is 12.2 Å². The van der Waals surface area contributed by atoms with Crippen molar-refractivity contribution >= 4 is 17.2 Å². The lowest BCUT2D eigenvalue weighted by Gasteiger charge is -2.23. The monoisotopic (exact) mass is 309 g/mol. The zero-order valence-electron chi connectivity index (χ0n) is 12.9. The summed E-state index contributed by atoms with van der Waals surface area (Å²) in [6.45, 7) is 2.67. The van der Waals surface area contributed by atoms with E-state index in [9.17, 15) is 4.79 Å². The topological polar surface area (TPSA) is 68.0 Å². The molecule has 4 nitrogen and oxygen atoms in total. The van der Waals surface area contributed by atoms with Crippen LogP contribution in [0.15, 0.2) is 5.38 Å². The third-order valence-electron chi connectivity index (χ3n) is 4.25. The summed E-state index contributed by atoms with van der Waals surface area (Å²) in [5.74, 6) is 0.819. The van der Waals surface area contributed by atoms with Crippen molar-refractivity contribution in [2.75, 3.05) is 6.54 Å². The number of aromatic nitrogens is 1. The minimum Gasteiger partial charge on any atom is -0.348 e. The van der Waals surface area contributed by atoms with Crippen LogP contribution in [0.3, 0.4) is 0 Å². The first-order chi connectivity index (χ1) is 10.2. The summed E-state index contributed by atoms with van der Waals surface area (Å²) in [5, 5.41) is 5.83. The Balaban J connectivity index is 1.72. The number of nitrogens with two attached hydrogens (primary N) is 1. The van der Waals surface area contributed by atoms with Crippen molar-refractivity contribution in [3.8, 4) is 0 Å². The van der Waals surface area contributed by atoms with Gasteiger partial charge >= 0.3 is 0 Å². The number of carbonyl (C=O) groups excluding carboxylic acids is 1. The Hall–Kier alpha value is -0.940. The van der Waals surface area contributed by atoms with Gasteiger partial charge in [-0.1, -0.05) is 32.1 Å². The van der Waals surface area contributed by atoms with Gasteiger partial charge in [0.1, 0.15) is 5.69 Å². The van der Waals surface area contributed by atoms with Gasteiger partial charge in [-0.25, -0.2) is 4.98 Å². The number of rotatable bonds is 7. The molecule has 1 fully saturated rings. The van der Waals surface area contributed by atoms with Gasteiger partial charge < -0.3 is 11.1 Å². The summed E-state index contributed by atoms with van der Waals surface area (Å²) in [7, 11) is 0. The van der Waals surface area contributed by atoms with Crippen molar-refractivity contribution in [2.24, 2.45) is 11.7 Å². The molecule has 0 spiro atoms. The molecule has 0 radical (unpaired) electrons. The van der Waals surface area contributed by atoms with Gasteiger partial charge in [0.05, 0.1) is 5.01 Å². The van der Waals surface area contributed by atoms with Crippen LogP contribution >= 0.6 is 11.3 Å². The lowest BCUT2D eigenvalue weighted by atomic mass is 9.85. The first-order valence-corrected chi connectivity index (χ1v) is 9.02. The summed E-state index contributed by atoms with van der Waals surface area (Å²) in [5.41, 5.74) is 6.04. The molecule has 0 aliphatic heterocycles. The van der Waals surface area contributed by atoms with Crippen molar-refractivity contribution in [1.29, 1.82) is 0 Å². The van der Waals surface area contributed by atoms with E-state index in [1.807, 2.05) is 5.38 Å². The van der Waals surface area contributed by atoms with Gasteiger partial charge in [-0.3, -0.25) is 4.79 Å². The van der Waals surface area contributed by atoms with Crippen molar-refractivity contribution < 1.29 is 4.79 Å². The minimum atomic E-state index is -0.0503. The highest BCUT2D eigenvalue weighted by Gasteiger charge is 2.17. The third-order valence-corrected chi connectivity index (χ3v) is 5.16. The SMILES string of the molecule is CC(CCC1CCCCC1)NC(=O)c1csc(CCN)n1. The van der Waals surface area contributed by atoms with Crippen LogP contribution in [0.5, 0.6) is 0 Å². The van der Waals surface area contributed by atoms with Crippen LogP contribution < -0.4 is 11.1 Å². The van der Waals surface area contributed by atoms with Crippen LogP contribution in [0.2, 0.25) is 0 Å². The maximum atomic E-state index is 12.1. The summed E-state index contributed by atoms with van der Waals surface area (Å²) in [6, 6.07) is 0.221. The van der Waals surface area contributed by atoms with Gasteiger partial charge in [0.15, 0.2) is 0 Å². The molecule has 0 bridgehead atoms. The molecular formula is C16H27N3OS. The largest absolute Gasteiger partial charge is 0.348 e. The lowest BCUT2D eigenvalue weighted by molar-refractivity contribution is 0.0932. The highest BCUT2D eigenvalue weighted by molar-refractivity contribution is 7.09. The van der Waals surface area contributed by atoms with Gasteiger partial charge in [0.2, 0.25) is 0 Å². The second-order valence-corrected chi connectivity index (χ2v) is 7.06. The Bertz CT molecular complexity index is 440. The maximum Gasteiger partial charge on any atom is 0.270 e. The van der Waals surface area contributed by atoms with E-state index in [2.05, 4.69) is 17.2 Å². The molecule has 21 heavy (non-hydrogen) atoms. The van der Waals surface area contributed by atoms with Crippen LogP contribution in [-0.2, 0) is 6.42 Å². The maximum absolute atomic E-state index is 12.1. The predicted molar refractivity (Wildman–Crippen MR) is 87.6 cm³/mol. The third kappa shape index (κ3) is 5.40. The van der Waals surface area contributed by atoms with E-state index in [1.54, 1.807) is 0 Å². The molecule has 5 heteroatoms. The Labute approximate surface area is 131 Å². The average Bonchev–Trinajstić information content (AvgIpc) is 2.95. The number of hydrogen-bond acceptors (Lipinski definition) is 4. The van der Waals surface area contributed by atoms with Gasteiger partial charge in [-0.15, -0.1) is 11.3 Å². The Morgan fingerprint density at radius 3 is 2.95 bits per heavy atom. The van der Waals surface area contributed by atoms with Crippen molar-refractivity contribution in [3.05, 3.63) is 16.1 Å². The second-order valence-electron chi connectivity index (χ2n) is 6.12. The van der Waals surface area contributed by atoms with Crippen LogP contribution in [0.25, 0.3) is 0 Å². The zero-order chi connectivity index (χ0) is 15.1. The molecule has 0 aromatic carbocycles. The molecule has 1 amide bonds. The molecule has 2 rings (SSSR count). The number of hydrogen-bond donors (Lipinski definition) is 2. The average molecular weight is 309 g/mol. The van der Waals surface area contributed by atoms with Gasteiger partial charge in [-0.2, -0.15) is 0 Å². The molecule has 1 atom stereocenters. The standard InChI is InChI=1S/C16H27N3OS/c1-12(7-8-13-5-3-2-4-6-13)18-16(20)14-11-21-15(19-14)9-10-17/h11-13H,2-10,17H2,1H3,(H,18,20). The lowest BCUT2D eigenvalue weighted by Crippen LogP contribution is -2.33. The van der Waals surface area contributed by atoms with Crippen LogP contribution in [-0.4, -0.2) is 23.5 Å². The molecule has 118 valence electrons. The number of carbonyl (C=O) groups is 1. The highest BCUT2D eigenvalue weighted by Crippen LogP contribution is 2.27. The fraction of sp³-hybridized carbons (Fsp3) is 0.750. The quantitative estimate of drug-likeness (QED) is 0.813. The van der Waals surface area contributed by atoms with Crippen molar-refractivity contribution in [3.63, 3.8) is 0 Å². The van der Waals surface area contributed by atoms with E-state index >= 15 is 0 Å². The van der Waals surface area contributed by atoms with Crippen molar-refractivity contribution in [2.45, 2.75) is 64.3 Å². The normalized spacial score (nSPS) is 17.6. The summed E-state index contributed by atoms with van der Waals surface area (Å²) < 4.78 is 0. The van der Waals surface area contributed by atoms with E-state index in [1.165, 1.54) is 49.9 Å². The number of amides is 1. The molecule has 1 aromatic rings. The van der Waals surface area contributed by atoms with Crippen LogP contribution in [0, 0.1) is 5.92 Å². The molecule has 1 saturated carbocycles. The highest BCUT2D eigenvalue weighted by atomic mass is 32.1. The van der Waals surface area contributed by atoms with Gasteiger partial charge in [0.25, 0.3) is 5.91 Å². The van der Waals surface area contributed by atoms with Gasteiger partial charge in [-0.05, 0) is 32.2 Å². The summed E-state index contributed by atoms with van der Waals surface area (Å²) in [4.78, 5) is 16.5. The molecule has 1 unspecified atom stereocenters. The molecule has 1 heterocycles. The number of nitrogens with one attached hydrogen (secondary N) is 1. The Morgan fingerprint density at radius 2 is 2.24 bits per heavy atom. The van der Waals surface area contributed by atoms with E-state index in [0.717, 1.165) is 23.8 Å². The molecule has 1 aromatic heterocycles. The number of thiazole rings is 1. The summed E-state index contributed by atoms with van der Waals surface area (Å²) in [6.07, 6.45) is 9.95. The molecule has 0 saturated heterocycles. The molecule has 3 N–H and O–H groups in total. The molecular weight excluding hydrogens is 282 g/mol. The molecule has 1 aliphatic carbocycles. The van der Waals surface area contributed by atoms with Crippen LogP contribution in [0.4, 0.5) is 0 Å². The first kappa shape index (κ1) is 16.4. The van der Waals surface area contributed by atoms with E-state index in [4.69, 9.17) is 5.73 Å². The zero-order valence-corrected chi connectivity index (χ0v) is 13.8. The fourth-order valence-corrected chi connectivity index (χ4v) is 3.78. The number of nitrogens with zero attached hydrogens (tertiary/aromatic N) is 1. The predicted octanol–water partition coefficient (Wildman–Crippen LogP) is 3.12. The van der Waals surface area contributed by atoms with Crippen molar-refractivity contribution in [1.82, 2.24) is 10.3 Å². The Kier molecular flexibility index (Phi) is 6.64. The molecule has 1 aliphatic rings. The fourth-order valence-electron chi connectivity index (χ4n) is 2.98. The van der Waals surface area contributed by atoms with E-state index in [-0.39, 0.29) is 11.9 Å². The Morgan fingerprint density at radius 1 is 1.48 bits per heavy atom. The van der Waals surface area contributed by atoms with Crippen LogP contribution in [0.1, 0.15) is 67.4 Å². The first-order valence-electron chi connectivity index (χ1n) is 8.14. The van der Waals surface area contributed by atoms with E-state index < -0.39 is 0 Å². The second kappa shape index (κ2) is 8.49.